The lowest BCUT2D eigenvalue weighted by atomic mass is 9.99. The van der Waals surface area contributed by atoms with Gasteiger partial charge in [-0.25, -0.2) is 15.0 Å². The summed E-state index contributed by atoms with van der Waals surface area (Å²) >= 11 is 0. The molecule has 2 aliphatic rings. The second-order valence-corrected chi connectivity index (χ2v) is 9.40. The van der Waals surface area contributed by atoms with Crippen molar-refractivity contribution in [3.8, 4) is 11.3 Å². The van der Waals surface area contributed by atoms with Crippen LogP contribution >= 0.6 is 0 Å². The number of halogens is 3. The molecular formula is C26H26F3N5O. The largest absolute Gasteiger partial charge is 0.416 e. The molecule has 1 amide bonds. The minimum atomic E-state index is -4.37. The molecule has 1 unspecified atom stereocenters. The van der Waals surface area contributed by atoms with Crippen LogP contribution in [0.15, 0.2) is 48.7 Å². The average molecular weight is 482 g/mol. The Morgan fingerprint density at radius 3 is 2.51 bits per heavy atom. The van der Waals surface area contributed by atoms with Crippen LogP contribution in [0.2, 0.25) is 0 Å². The van der Waals surface area contributed by atoms with Gasteiger partial charge in [0.2, 0.25) is 0 Å². The van der Waals surface area contributed by atoms with E-state index >= 15 is 0 Å². The molecule has 1 saturated heterocycles. The third-order valence-electron chi connectivity index (χ3n) is 6.82. The van der Waals surface area contributed by atoms with E-state index in [1.54, 1.807) is 19.2 Å². The number of pyridine rings is 1. The molecule has 35 heavy (non-hydrogen) atoms. The van der Waals surface area contributed by atoms with E-state index in [-0.39, 0.29) is 11.9 Å². The molecule has 1 aromatic carbocycles. The number of carbonyl (C=O) groups is 1. The molecule has 1 saturated carbocycles. The summed E-state index contributed by atoms with van der Waals surface area (Å²) in [7, 11) is 0. The fourth-order valence-corrected chi connectivity index (χ4v) is 4.82. The summed E-state index contributed by atoms with van der Waals surface area (Å²) in [5.41, 5.74) is 2.32. The lowest BCUT2D eigenvalue weighted by Crippen LogP contribution is -2.48. The predicted octanol–water partition coefficient (Wildman–Crippen LogP) is 5.14. The van der Waals surface area contributed by atoms with Gasteiger partial charge < -0.3 is 10.2 Å². The van der Waals surface area contributed by atoms with Crippen LogP contribution in [0.25, 0.3) is 11.3 Å². The maximum Gasteiger partial charge on any atom is 0.416 e. The first kappa shape index (κ1) is 23.3. The number of benzene rings is 1. The van der Waals surface area contributed by atoms with Gasteiger partial charge in [0.1, 0.15) is 11.5 Å². The third kappa shape index (κ3) is 4.99. The van der Waals surface area contributed by atoms with Crippen LogP contribution < -0.4 is 5.32 Å². The maximum atomic E-state index is 13.8. The first-order valence-corrected chi connectivity index (χ1v) is 11.7. The number of anilines is 1. The highest BCUT2D eigenvalue weighted by molar-refractivity contribution is 5.99. The Morgan fingerprint density at radius 2 is 1.80 bits per heavy atom. The zero-order chi connectivity index (χ0) is 24.7. The van der Waals surface area contributed by atoms with Gasteiger partial charge in [0.05, 0.1) is 11.3 Å². The van der Waals surface area contributed by atoms with Crippen LogP contribution in [-0.2, 0) is 6.18 Å². The van der Waals surface area contributed by atoms with Crippen molar-refractivity contribution in [2.24, 2.45) is 11.8 Å². The molecule has 0 radical (unpaired) electrons. The van der Waals surface area contributed by atoms with Crippen molar-refractivity contribution >= 4 is 11.6 Å². The maximum absolute atomic E-state index is 13.8. The zero-order valence-electron chi connectivity index (χ0n) is 19.5. The zero-order valence-corrected chi connectivity index (χ0v) is 19.5. The van der Waals surface area contributed by atoms with Crippen molar-refractivity contribution in [2.75, 3.05) is 18.4 Å². The van der Waals surface area contributed by atoms with Crippen LogP contribution in [0.5, 0.6) is 0 Å². The number of aromatic nitrogens is 3. The molecule has 6 nitrogen and oxygen atoms in total. The van der Waals surface area contributed by atoms with Crippen LogP contribution in [-0.4, -0.2) is 44.9 Å². The monoisotopic (exact) mass is 481 g/mol. The summed E-state index contributed by atoms with van der Waals surface area (Å²) in [5, 5.41) is 3.23. The van der Waals surface area contributed by atoms with Gasteiger partial charge in [0, 0.05) is 42.3 Å². The van der Waals surface area contributed by atoms with Crippen molar-refractivity contribution in [3.63, 3.8) is 0 Å². The van der Waals surface area contributed by atoms with Gasteiger partial charge in [-0.1, -0.05) is 0 Å². The number of fused-ring (bicyclic) bond motifs is 1. The summed E-state index contributed by atoms with van der Waals surface area (Å²) in [5.74, 6) is 1.55. The number of nitrogens with zero attached hydrogens (tertiary/aromatic N) is 4. The van der Waals surface area contributed by atoms with Gasteiger partial charge in [-0.15, -0.1) is 0 Å². The molecule has 3 heterocycles. The lowest BCUT2D eigenvalue weighted by Gasteiger charge is -2.36. The highest BCUT2D eigenvalue weighted by Gasteiger charge is 2.47. The topological polar surface area (TPSA) is 71.0 Å². The van der Waals surface area contributed by atoms with E-state index < -0.39 is 11.7 Å². The lowest BCUT2D eigenvalue weighted by molar-refractivity contribution is -0.137. The van der Waals surface area contributed by atoms with E-state index in [1.165, 1.54) is 12.1 Å². The summed E-state index contributed by atoms with van der Waals surface area (Å²) in [6.45, 7) is 4.75. The number of alkyl halides is 3. The summed E-state index contributed by atoms with van der Waals surface area (Å²) in [6, 6.07) is 10.4. The molecule has 0 bridgehead atoms. The molecule has 9 heteroatoms. The molecule has 5 rings (SSSR count). The standard InChI is InChI=1S/C26H26F3N5O/c1-15-3-8-22(23-9-10-30-16(2)33-23)24(32-15)25(35)34-14-18-11-17(18)12-21(34)13-31-20-6-4-19(5-7-20)26(27,28)29/h3-10,17-18,21,31H,11-14H2,1-2H3/t17-,18+,21?/m1/s1. The van der Waals surface area contributed by atoms with Gasteiger partial charge in [0.25, 0.3) is 5.91 Å². The number of carbonyl (C=O) groups excluding carboxylic acids is 1. The molecule has 2 aromatic heterocycles. The Labute approximate surface area is 201 Å². The van der Waals surface area contributed by atoms with Crippen LogP contribution in [0.3, 0.4) is 0 Å². The van der Waals surface area contributed by atoms with E-state index in [0.717, 1.165) is 30.7 Å². The first-order valence-electron chi connectivity index (χ1n) is 11.7. The van der Waals surface area contributed by atoms with E-state index in [4.69, 9.17) is 0 Å². The fraction of sp³-hybridized carbons (Fsp3) is 0.385. The molecule has 2 fully saturated rings. The quantitative estimate of drug-likeness (QED) is 0.547. The summed E-state index contributed by atoms with van der Waals surface area (Å²) < 4.78 is 38.6. The Kier molecular flexibility index (Phi) is 5.94. The number of nitrogens with one attached hydrogen (secondary N) is 1. The highest BCUT2D eigenvalue weighted by atomic mass is 19.4. The fourth-order valence-electron chi connectivity index (χ4n) is 4.82. The van der Waals surface area contributed by atoms with Crippen molar-refractivity contribution in [2.45, 2.75) is 38.9 Å². The van der Waals surface area contributed by atoms with Crippen molar-refractivity contribution in [1.29, 1.82) is 0 Å². The van der Waals surface area contributed by atoms with E-state index in [1.807, 2.05) is 24.0 Å². The van der Waals surface area contributed by atoms with Crippen LogP contribution in [0, 0.1) is 25.7 Å². The minimum Gasteiger partial charge on any atom is -0.383 e. The van der Waals surface area contributed by atoms with E-state index in [2.05, 4.69) is 20.3 Å². The Bertz CT molecular complexity index is 1240. The normalized spacial score (nSPS) is 21.4. The number of rotatable bonds is 5. The minimum absolute atomic E-state index is 0.0872. The molecule has 3 aromatic rings. The Balaban J connectivity index is 1.38. The Morgan fingerprint density at radius 1 is 1.03 bits per heavy atom. The molecular weight excluding hydrogens is 455 g/mol. The van der Waals surface area contributed by atoms with Crippen LogP contribution in [0.1, 0.15) is 40.4 Å². The van der Waals surface area contributed by atoms with Crippen molar-refractivity contribution in [1.82, 2.24) is 19.9 Å². The van der Waals surface area contributed by atoms with Crippen LogP contribution in [0.4, 0.5) is 18.9 Å². The molecule has 182 valence electrons. The molecule has 0 spiro atoms. The second-order valence-electron chi connectivity index (χ2n) is 9.40. The number of likely N-dealkylation sites (tertiary alicyclic amines) is 1. The van der Waals surface area contributed by atoms with Gasteiger partial charge in [-0.3, -0.25) is 4.79 Å². The second kappa shape index (κ2) is 8.94. The summed E-state index contributed by atoms with van der Waals surface area (Å²) in [4.78, 5) is 29.0. The predicted molar refractivity (Wildman–Crippen MR) is 126 cm³/mol. The molecule has 1 aliphatic heterocycles. The van der Waals surface area contributed by atoms with Gasteiger partial charge in [0.15, 0.2) is 0 Å². The smallest absolute Gasteiger partial charge is 0.383 e. The number of hydrogen-bond donors (Lipinski definition) is 1. The van der Waals surface area contributed by atoms with Gasteiger partial charge in [-0.05, 0) is 81.0 Å². The van der Waals surface area contributed by atoms with Gasteiger partial charge in [-0.2, -0.15) is 13.2 Å². The van der Waals surface area contributed by atoms with E-state index in [0.29, 0.717) is 53.4 Å². The Hall–Kier alpha value is -3.49. The number of aryl methyl sites for hydroxylation is 2. The average Bonchev–Trinajstić information content (AvgIpc) is 3.60. The number of hydrogen-bond acceptors (Lipinski definition) is 5. The first-order chi connectivity index (χ1) is 16.7. The van der Waals surface area contributed by atoms with Crippen molar-refractivity contribution < 1.29 is 18.0 Å². The number of piperidine rings is 1. The third-order valence-corrected chi connectivity index (χ3v) is 6.82. The molecule has 1 aliphatic carbocycles. The van der Waals surface area contributed by atoms with Gasteiger partial charge >= 0.3 is 6.18 Å². The molecule has 3 atom stereocenters. The number of amides is 1. The molecule has 1 N–H and O–H groups in total. The van der Waals surface area contributed by atoms with E-state index in [9.17, 15) is 18.0 Å². The highest BCUT2D eigenvalue weighted by Crippen LogP contribution is 2.47. The van der Waals surface area contributed by atoms with Crippen molar-refractivity contribution in [3.05, 3.63) is 71.4 Å². The summed E-state index contributed by atoms with van der Waals surface area (Å²) in [6.07, 6.45) is -0.747. The SMILES string of the molecule is Cc1ccc(-c2ccnc(C)n2)c(C(=O)N2C[C@@H]3C[C@@H]3CC2CNc2ccc(C(F)(F)F)cc2)n1.